The van der Waals surface area contributed by atoms with Crippen LogP contribution < -0.4 is 11.5 Å². The summed E-state index contributed by atoms with van der Waals surface area (Å²) in [5, 5.41) is 0. The molecule has 0 aromatic rings. The summed E-state index contributed by atoms with van der Waals surface area (Å²) in [6.07, 6.45) is 9.04. The summed E-state index contributed by atoms with van der Waals surface area (Å²) < 4.78 is 0. The van der Waals surface area contributed by atoms with E-state index in [-0.39, 0.29) is 0 Å². The molecule has 0 radical (unpaired) electrons. The van der Waals surface area contributed by atoms with E-state index in [2.05, 4.69) is 13.5 Å². The average molecular weight is 182 g/mol. The lowest BCUT2D eigenvalue weighted by Crippen LogP contribution is -2.00. The third-order valence-electron chi connectivity index (χ3n) is 1.94. The number of hydrogen-bond donors (Lipinski definition) is 2. The van der Waals surface area contributed by atoms with E-state index in [1.807, 2.05) is 0 Å². The van der Waals surface area contributed by atoms with Crippen LogP contribution in [0.15, 0.2) is 24.0 Å². The SMILES string of the molecule is C=C(N)C=C(N)CCCCCCC. The van der Waals surface area contributed by atoms with E-state index in [4.69, 9.17) is 11.5 Å². The van der Waals surface area contributed by atoms with Crippen molar-refractivity contribution in [2.75, 3.05) is 0 Å². The molecule has 0 atom stereocenters. The first-order valence-electron chi connectivity index (χ1n) is 5.07. The van der Waals surface area contributed by atoms with Gasteiger partial charge in [0, 0.05) is 11.4 Å². The molecule has 0 fully saturated rings. The van der Waals surface area contributed by atoms with Gasteiger partial charge in [-0.25, -0.2) is 0 Å². The Bertz CT molecular complexity index is 171. The van der Waals surface area contributed by atoms with Crippen molar-refractivity contribution in [1.82, 2.24) is 0 Å². The van der Waals surface area contributed by atoms with Gasteiger partial charge in [-0.05, 0) is 18.9 Å². The standard InChI is InChI=1S/C11H22N2/c1-3-4-5-6-7-8-11(13)9-10(2)12/h9H,2-8,12-13H2,1H3. The Morgan fingerprint density at radius 3 is 2.31 bits per heavy atom. The van der Waals surface area contributed by atoms with Crippen LogP contribution in [0.25, 0.3) is 0 Å². The van der Waals surface area contributed by atoms with Gasteiger partial charge in [-0.3, -0.25) is 0 Å². The van der Waals surface area contributed by atoms with Crippen molar-refractivity contribution in [2.45, 2.75) is 45.4 Å². The lowest BCUT2D eigenvalue weighted by atomic mass is 10.1. The molecule has 0 aliphatic rings. The number of allylic oxidation sites excluding steroid dienone is 2. The molecule has 0 unspecified atom stereocenters. The smallest absolute Gasteiger partial charge is 0.0258 e. The van der Waals surface area contributed by atoms with Crippen LogP contribution in [0.4, 0.5) is 0 Å². The first kappa shape index (κ1) is 12.1. The van der Waals surface area contributed by atoms with Crippen LogP contribution in [0.1, 0.15) is 45.4 Å². The van der Waals surface area contributed by atoms with Gasteiger partial charge in [0.25, 0.3) is 0 Å². The maximum absolute atomic E-state index is 5.71. The molecule has 0 amide bonds. The van der Waals surface area contributed by atoms with Crippen molar-refractivity contribution >= 4 is 0 Å². The number of rotatable bonds is 7. The van der Waals surface area contributed by atoms with Crippen molar-refractivity contribution in [3.63, 3.8) is 0 Å². The van der Waals surface area contributed by atoms with Gasteiger partial charge in [0.1, 0.15) is 0 Å². The molecule has 4 N–H and O–H groups in total. The minimum atomic E-state index is 0.547. The molecule has 0 aliphatic heterocycles. The molecule has 0 aromatic carbocycles. The van der Waals surface area contributed by atoms with Crippen molar-refractivity contribution in [3.8, 4) is 0 Å². The molecule has 0 saturated heterocycles. The minimum absolute atomic E-state index is 0.547. The van der Waals surface area contributed by atoms with E-state index in [0.717, 1.165) is 18.5 Å². The van der Waals surface area contributed by atoms with E-state index in [1.165, 1.54) is 25.7 Å². The van der Waals surface area contributed by atoms with Crippen LogP contribution in [-0.4, -0.2) is 0 Å². The summed E-state index contributed by atoms with van der Waals surface area (Å²) in [5.41, 5.74) is 12.5. The van der Waals surface area contributed by atoms with Crippen molar-refractivity contribution < 1.29 is 0 Å². The highest BCUT2D eigenvalue weighted by molar-refractivity contribution is 5.15. The molecular formula is C11H22N2. The van der Waals surface area contributed by atoms with E-state index in [9.17, 15) is 0 Å². The molecule has 0 saturated carbocycles. The first-order chi connectivity index (χ1) is 6.16. The van der Waals surface area contributed by atoms with E-state index in [0.29, 0.717) is 5.70 Å². The summed E-state index contributed by atoms with van der Waals surface area (Å²) in [6.45, 7) is 5.79. The van der Waals surface area contributed by atoms with E-state index in [1.54, 1.807) is 6.08 Å². The topological polar surface area (TPSA) is 52.0 Å². The maximum atomic E-state index is 5.71. The highest BCUT2D eigenvalue weighted by atomic mass is 14.6. The molecule has 76 valence electrons. The third-order valence-corrected chi connectivity index (χ3v) is 1.94. The van der Waals surface area contributed by atoms with E-state index < -0.39 is 0 Å². The second-order valence-corrected chi connectivity index (χ2v) is 3.46. The summed E-state index contributed by atoms with van der Waals surface area (Å²) in [7, 11) is 0. The normalized spacial score (nSPS) is 11.6. The number of hydrogen-bond acceptors (Lipinski definition) is 2. The van der Waals surface area contributed by atoms with Gasteiger partial charge in [0.05, 0.1) is 0 Å². The molecule has 2 heteroatoms. The van der Waals surface area contributed by atoms with Gasteiger partial charge >= 0.3 is 0 Å². The van der Waals surface area contributed by atoms with Crippen LogP contribution in [0.5, 0.6) is 0 Å². The van der Waals surface area contributed by atoms with Gasteiger partial charge in [-0.2, -0.15) is 0 Å². The minimum Gasteiger partial charge on any atom is -0.402 e. The zero-order chi connectivity index (χ0) is 10.1. The fraction of sp³-hybridized carbons (Fsp3) is 0.636. The number of unbranched alkanes of at least 4 members (excludes halogenated alkanes) is 4. The predicted octanol–water partition coefficient (Wildman–Crippen LogP) is 2.66. The summed E-state index contributed by atoms with van der Waals surface area (Å²) in [5.74, 6) is 0. The molecule has 2 nitrogen and oxygen atoms in total. The Morgan fingerprint density at radius 1 is 1.15 bits per heavy atom. The summed E-state index contributed by atoms with van der Waals surface area (Å²) in [4.78, 5) is 0. The second-order valence-electron chi connectivity index (χ2n) is 3.46. The lowest BCUT2D eigenvalue weighted by Gasteiger charge is -2.01. The zero-order valence-corrected chi connectivity index (χ0v) is 8.68. The van der Waals surface area contributed by atoms with Crippen LogP contribution in [0.2, 0.25) is 0 Å². The largest absolute Gasteiger partial charge is 0.402 e. The molecule has 0 rings (SSSR count). The van der Waals surface area contributed by atoms with Gasteiger partial charge in [0.2, 0.25) is 0 Å². The van der Waals surface area contributed by atoms with Crippen LogP contribution in [0, 0.1) is 0 Å². The van der Waals surface area contributed by atoms with Crippen LogP contribution in [0.3, 0.4) is 0 Å². The average Bonchev–Trinajstić information content (AvgIpc) is 2.02. The van der Waals surface area contributed by atoms with Gasteiger partial charge < -0.3 is 11.5 Å². The molecule has 0 heterocycles. The van der Waals surface area contributed by atoms with Gasteiger partial charge in [-0.15, -0.1) is 0 Å². The Kier molecular flexibility index (Phi) is 7.17. The molecule has 0 aliphatic carbocycles. The zero-order valence-electron chi connectivity index (χ0n) is 8.68. The Morgan fingerprint density at radius 2 is 1.77 bits per heavy atom. The summed E-state index contributed by atoms with van der Waals surface area (Å²) >= 11 is 0. The molecular weight excluding hydrogens is 160 g/mol. The Balaban J connectivity index is 3.37. The quantitative estimate of drug-likeness (QED) is 0.470. The highest BCUT2D eigenvalue weighted by Crippen LogP contribution is 2.08. The Labute approximate surface area is 81.7 Å². The van der Waals surface area contributed by atoms with Crippen molar-refractivity contribution in [3.05, 3.63) is 24.0 Å². The Hall–Kier alpha value is -0.920. The third kappa shape index (κ3) is 8.99. The maximum Gasteiger partial charge on any atom is 0.0258 e. The summed E-state index contributed by atoms with van der Waals surface area (Å²) in [6, 6.07) is 0. The van der Waals surface area contributed by atoms with Crippen molar-refractivity contribution in [1.29, 1.82) is 0 Å². The molecule has 0 bridgehead atoms. The monoisotopic (exact) mass is 182 g/mol. The van der Waals surface area contributed by atoms with E-state index >= 15 is 0 Å². The first-order valence-corrected chi connectivity index (χ1v) is 5.07. The fourth-order valence-electron chi connectivity index (χ4n) is 1.24. The van der Waals surface area contributed by atoms with Crippen molar-refractivity contribution in [2.24, 2.45) is 11.5 Å². The van der Waals surface area contributed by atoms with Gasteiger partial charge in [-0.1, -0.05) is 39.2 Å². The highest BCUT2D eigenvalue weighted by Gasteiger charge is 1.92. The molecule has 0 aromatic heterocycles. The lowest BCUT2D eigenvalue weighted by molar-refractivity contribution is 0.629. The molecule has 0 spiro atoms. The predicted molar refractivity (Wildman–Crippen MR) is 59.0 cm³/mol. The molecule has 13 heavy (non-hydrogen) atoms. The fourth-order valence-corrected chi connectivity index (χ4v) is 1.24. The van der Waals surface area contributed by atoms with Gasteiger partial charge in [0.15, 0.2) is 0 Å². The van der Waals surface area contributed by atoms with Crippen LogP contribution >= 0.6 is 0 Å². The number of nitrogens with two attached hydrogens (primary N) is 2. The van der Waals surface area contributed by atoms with Crippen LogP contribution in [-0.2, 0) is 0 Å². The second kappa shape index (κ2) is 7.71.